The van der Waals surface area contributed by atoms with Crippen LogP contribution >= 0.6 is 0 Å². The quantitative estimate of drug-likeness (QED) is 0.916. The first-order valence-corrected chi connectivity index (χ1v) is 6.68. The Morgan fingerprint density at radius 3 is 2.21 bits per heavy atom. The Morgan fingerprint density at radius 2 is 1.79 bits per heavy atom. The molecule has 3 heteroatoms. The Morgan fingerprint density at radius 1 is 1.16 bits per heavy atom. The average molecular weight is 257 g/mol. The van der Waals surface area contributed by atoms with Gasteiger partial charge in [0.15, 0.2) is 0 Å². The lowest BCUT2D eigenvalue weighted by atomic mass is 9.86. The Labute approximate surface area is 115 Å². The lowest BCUT2D eigenvalue weighted by molar-refractivity contribution is 0.586. The highest BCUT2D eigenvalue weighted by Crippen LogP contribution is 2.25. The highest BCUT2D eigenvalue weighted by atomic mass is 15.1. The van der Waals surface area contributed by atoms with Crippen LogP contribution in [0.2, 0.25) is 0 Å². The first-order valence-electron chi connectivity index (χ1n) is 6.68. The molecule has 1 unspecified atom stereocenters. The molecule has 3 nitrogen and oxygen atoms in total. The molecule has 1 atom stereocenters. The molecule has 2 rings (SSSR count). The smallest absolute Gasteiger partial charge is 0.130 e. The lowest BCUT2D eigenvalue weighted by Gasteiger charge is -2.21. The molecule has 0 fully saturated rings. The van der Waals surface area contributed by atoms with Gasteiger partial charge in [0.05, 0.1) is 6.04 Å². The number of aromatic nitrogens is 2. The zero-order chi connectivity index (χ0) is 14.0. The molecule has 1 aromatic carbocycles. The van der Waals surface area contributed by atoms with Crippen LogP contribution in [0.25, 0.3) is 0 Å². The van der Waals surface area contributed by atoms with E-state index in [0.717, 1.165) is 5.82 Å². The molecule has 0 aliphatic rings. The molecule has 0 amide bonds. The van der Waals surface area contributed by atoms with E-state index in [1.165, 1.54) is 11.1 Å². The van der Waals surface area contributed by atoms with Gasteiger partial charge in [-0.1, -0.05) is 45.0 Å². The van der Waals surface area contributed by atoms with E-state index in [-0.39, 0.29) is 11.5 Å². The van der Waals surface area contributed by atoms with Crippen molar-refractivity contribution in [3.8, 4) is 0 Å². The molecule has 0 aliphatic carbocycles. The predicted octanol–water partition coefficient (Wildman–Crippen LogP) is 3.03. The Bertz CT molecular complexity index is 532. The van der Waals surface area contributed by atoms with Gasteiger partial charge >= 0.3 is 0 Å². The Hall–Kier alpha value is -1.61. The standard InChI is InChI=1S/C16H23N3/c1-16(2,3)13-8-6-12(7-9-13)14(17-4)15-18-10-11-19(15)5/h6-11,14,17H,1-5H3. The molecule has 19 heavy (non-hydrogen) atoms. The van der Waals surface area contributed by atoms with Crippen molar-refractivity contribution >= 4 is 0 Å². The summed E-state index contributed by atoms with van der Waals surface area (Å²) in [7, 11) is 3.99. The van der Waals surface area contributed by atoms with E-state index in [1.54, 1.807) is 0 Å². The molecule has 1 N–H and O–H groups in total. The van der Waals surface area contributed by atoms with E-state index >= 15 is 0 Å². The minimum atomic E-state index is 0.133. The number of rotatable bonds is 3. The highest BCUT2D eigenvalue weighted by molar-refractivity contribution is 5.32. The maximum absolute atomic E-state index is 4.43. The largest absolute Gasteiger partial charge is 0.336 e. The predicted molar refractivity (Wildman–Crippen MR) is 79.3 cm³/mol. The van der Waals surface area contributed by atoms with E-state index in [1.807, 2.05) is 26.5 Å². The zero-order valence-electron chi connectivity index (χ0n) is 12.4. The normalized spacial score (nSPS) is 13.5. The molecule has 0 aliphatic heterocycles. The van der Waals surface area contributed by atoms with Crippen molar-refractivity contribution in [1.82, 2.24) is 14.9 Å². The summed E-state index contributed by atoms with van der Waals surface area (Å²) in [5, 5.41) is 3.34. The summed E-state index contributed by atoms with van der Waals surface area (Å²) >= 11 is 0. The van der Waals surface area contributed by atoms with Crippen LogP contribution < -0.4 is 5.32 Å². The van der Waals surface area contributed by atoms with E-state index < -0.39 is 0 Å². The van der Waals surface area contributed by atoms with Crippen LogP contribution in [-0.4, -0.2) is 16.6 Å². The van der Waals surface area contributed by atoms with Gasteiger partial charge in [0, 0.05) is 19.4 Å². The summed E-state index contributed by atoms with van der Waals surface area (Å²) in [6, 6.07) is 8.94. The molecular formula is C16H23N3. The Kier molecular flexibility index (Phi) is 3.76. The van der Waals surface area contributed by atoms with Gasteiger partial charge in [-0.25, -0.2) is 4.98 Å². The van der Waals surface area contributed by atoms with Gasteiger partial charge in [-0.2, -0.15) is 0 Å². The molecule has 2 aromatic rings. The number of imidazole rings is 1. The van der Waals surface area contributed by atoms with Crippen molar-refractivity contribution in [3.05, 3.63) is 53.6 Å². The molecule has 0 radical (unpaired) electrons. The van der Waals surface area contributed by atoms with Gasteiger partial charge in [-0.05, 0) is 23.6 Å². The Balaban J connectivity index is 2.33. The summed E-state index contributed by atoms with van der Waals surface area (Å²) in [5.74, 6) is 1.03. The number of nitrogens with one attached hydrogen (secondary N) is 1. The van der Waals surface area contributed by atoms with Gasteiger partial charge in [0.2, 0.25) is 0 Å². The van der Waals surface area contributed by atoms with Crippen LogP contribution in [0.4, 0.5) is 0 Å². The third-order valence-corrected chi connectivity index (χ3v) is 3.52. The topological polar surface area (TPSA) is 29.9 Å². The van der Waals surface area contributed by atoms with Crippen molar-refractivity contribution in [2.75, 3.05) is 7.05 Å². The van der Waals surface area contributed by atoms with Crippen LogP contribution in [0.15, 0.2) is 36.7 Å². The lowest BCUT2D eigenvalue weighted by Crippen LogP contribution is -2.21. The molecule has 1 heterocycles. The molecule has 1 aromatic heterocycles. The highest BCUT2D eigenvalue weighted by Gasteiger charge is 2.18. The van der Waals surface area contributed by atoms with Gasteiger partial charge in [-0.15, -0.1) is 0 Å². The molecule has 0 saturated heterocycles. The fraction of sp³-hybridized carbons (Fsp3) is 0.438. The van der Waals surface area contributed by atoms with Crippen molar-refractivity contribution in [2.24, 2.45) is 7.05 Å². The number of hydrogen-bond donors (Lipinski definition) is 1. The van der Waals surface area contributed by atoms with Crippen LogP contribution in [0, 0.1) is 0 Å². The van der Waals surface area contributed by atoms with E-state index in [2.05, 4.69) is 59.9 Å². The van der Waals surface area contributed by atoms with Crippen molar-refractivity contribution in [2.45, 2.75) is 32.2 Å². The summed E-state index contributed by atoms with van der Waals surface area (Å²) in [6.45, 7) is 6.70. The van der Waals surface area contributed by atoms with Gasteiger partial charge < -0.3 is 9.88 Å². The summed E-state index contributed by atoms with van der Waals surface area (Å²) in [4.78, 5) is 4.43. The summed E-state index contributed by atoms with van der Waals surface area (Å²) in [6.07, 6.45) is 3.81. The maximum atomic E-state index is 4.43. The molecule has 0 spiro atoms. The van der Waals surface area contributed by atoms with E-state index in [0.29, 0.717) is 0 Å². The third-order valence-electron chi connectivity index (χ3n) is 3.52. The maximum Gasteiger partial charge on any atom is 0.130 e. The number of hydrogen-bond acceptors (Lipinski definition) is 2. The minimum Gasteiger partial charge on any atom is -0.336 e. The van der Waals surface area contributed by atoms with Crippen molar-refractivity contribution < 1.29 is 0 Å². The molecule has 102 valence electrons. The van der Waals surface area contributed by atoms with Crippen LogP contribution in [-0.2, 0) is 12.5 Å². The van der Waals surface area contributed by atoms with Gasteiger partial charge in [-0.3, -0.25) is 0 Å². The van der Waals surface area contributed by atoms with Crippen LogP contribution in [0.5, 0.6) is 0 Å². The molecule has 0 saturated carbocycles. The number of nitrogens with zero attached hydrogens (tertiary/aromatic N) is 2. The van der Waals surface area contributed by atoms with Crippen molar-refractivity contribution in [3.63, 3.8) is 0 Å². The minimum absolute atomic E-state index is 0.133. The average Bonchev–Trinajstić information content (AvgIpc) is 2.76. The number of aryl methyl sites for hydroxylation is 1. The fourth-order valence-electron chi connectivity index (χ4n) is 2.28. The monoisotopic (exact) mass is 257 g/mol. The van der Waals surface area contributed by atoms with E-state index in [4.69, 9.17) is 0 Å². The van der Waals surface area contributed by atoms with Crippen LogP contribution in [0.3, 0.4) is 0 Å². The second-order valence-electron chi connectivity index (χ2n) is 5.99. The second kappa shape index (κ2) is 5.17. The molecule has 0 bridgehead atoms. The van der Waals surface area contributed by atoms with Crippen LogP contribution in [0.1, 0.15) is 43.8 Å². The van der Waals surface area contributed by atoms with Crippen molar-refractivity contribution in [1.29, 1.82) is 0 Å². The van der Waals surface area contributed by atoms with E-state index in [9.17, 15) is 0 Å². The second-order valence-corrected chi connectivity index (χ2v) is 5.99. The molecular weight excluding hydrogens is 234 g/mol. The summed E-state index contributed by atoms with van der Waals surface area (Å²) in [5.41, 5.74) is 2.78. The first-order chi connectivity index (χ1) is 8.93. The fourth-order valence-corrected chi connectivity index (χ4v) is 2.28. The number of benzene rings is 1. The van der Waals surface area contributed by atoms with Gasteiger partial charge in [0.1, 0.15) is 5.82 Å². The first kappa shape index (κ1) is 13.8. The zero-order valence-corrected chi connectivity index (χ0v) is 12.4. The van der Waals surface area contributed by atoms with Gasteiger partial charge in [0.25, 0.3) is 0 Å². The SMILES string of the molecule is CNC(c1ccc(C(C)(C)C)cc1)c1nccn1C. The third kappa shape index (κ3) is 2.87. The summed E-state index contributed by atoms with van der Waals surface area (Å²) < 4.78 is 2.05.